The zero-order chi connectivity index (χ0) is 14.1. The molecule has 0 aliphatic carbocycles. The van der Waals surface area contributed by atoms with Gasteiger partial charge in [0.25, 0.3) is 0 Å². The second-order valence-electron chi connectivity index (χ2n) is 5.18. The van der Waals surface area contributed by atoms with Crippen LogP contribution in [0.1, 0.15) is 12.5 Å². The highest BCUT2D eigenvalue weighted by atomic mass is 79.9. The lowest BCUT2D eigenvalue weighted by Crippen LogP contribution is -2.39. The lowest BCUT2D eigenvalue weighted by molar-refractivity contribution is 0.597. The van der Waals surface area contributed by atoms with Gasteiger partial charge in [-0.05, 0) is 31.2 Å². The van der Waals surface area contributed by atoms with Gasteiger partial charge in [-0.3, -0.25) is 0 Å². The summed E-state index contributed by atoms with van der Waals surface area (Å²) in [5.41, 5.74) is 2.94. The standard InChI is InChI=1S/C16H16BrFN2/c1-11-9-20(10-12-4-2-3-5-14(12)18)16-8-13(17)6-7-15(16)19-11/h2-8,11,19H,9-10H2,1H3/t11-/m0/s1. The number of hydrogen-bond donors (Lipinski definition) is 1. The van der Waals surface area contributed by atoms with Crippen molar-refractivity contribution in [3.63, 3.8) is 0 Å². The van der Waals surface area contributed by atoms with Crippen LogP contribution in [0.2, 0.25) is 0 Å². The van der Waals surface area contributed by atoms with Gasteiger partial charge in [-0.15, -0.1) is 0 Å². The van der Waals surface area contributed by atoms with E-state index >= 15 is 0 Å². The quantitative estimate of drug-likeness (QED) is 0.875. The van der Waals surface area contributed by atoms with Gasteiger partial charge in [-0.25, -0.2) is 4.39 Å². The van der Waals surface area contributed by atoms with Gasteiger partial charge in [-0.1, -0.05) is 34.1 Å². The predicted octanol–water partition coefficient (Wildman–Crippen LogP) is 4.41. The molecule has 2 aromatic carbocycles. The highest BCUT2D eigenvalue weighted by Crippen LogP contribution is 2.34. The minimum absolute atomic E-state index is 0.143. The van der Waals surface area contributed by atoms with Crippen LogP contribution in [0.3, 0.4) is 0 Å². The summed E-state index contributed by atoms with van der Waals surface area (Å²) in [6.07, 6.45) is 0. The summed E-state index contributed by atoms with van der Waals surface area (Å²) in [6.45, 7) is 3.58. The van der Waals surface area contributed by atoms with Crippen LogP contribution in [-0.2, 0) is 6.54 Å². The Kier molecular flexibility index (Phi) is 3.66. The van der Waals surface area contributed by atoms with Crippen LogP contribution < -0.4 is 10.2 Å². The summed E-state index contributed by atoms with van der Waals surface area (Å²) in [5.74, 6) is -0.143. The Morgan fingerprint density at radius 1 is 1.30 bits per heavy atom. The first-order valence-electron chi connectivity index (χ1n) is 6.68. The number of anilines is 2. The first-order chi connectivity index (χ1) is 9.63. The first-order valence-corrected chi connectivity index (χ1v) is 7.47. The van der Waals surface area contributed by atoms with Gasteiger partial charge in [0, 0.05) is 29.2 Å². The van der Waals surface area contributed by atoms with E-state index in [1.165, 1.54) is 6.07 Å². The molecule has 20 heavy (non-hydrogen) atoms. The van der Waals surface area contributed by atoms with Crippen LogP contribution in [0.25, 0.3) is 0 Å². The van der Waals surface area contributed by atoms with Gasteiger partial charge in [0.05, 0.1) is 11.4 Å². The van der Waals surface area contributed by atoms with E-state index in [1.807, 2.05) is 18.2 Å². The fourth-order valence-electron chi connectivity index (χ4n) is 2.61. The number of hydrogen-bond acceptors (Lipinski definition) is 2. The van der Waals surface area contributed by atoms with Gasteiger partial charge >= 0.3 is 0 Å². The van der Waals surface area contributed by atoms with E-state index in [9.17, 15) is 4.39 Å². The summed E-state index contributed by atoms with van der Waals surface area (Å²) < 4.78 is 14.9. The summed E-state index contributed by atoms with van der Waals surface area (Å²) in [6, 6.07) is 13.5. The third-order valence-electron chi connectivity index (χ3n) is 3.52. The van der Waals surface area contributed by atoms with Crippen molar-refractivity contribution in [2.45, 2.75) is 19.5 Å². The average Bonchev–Trinajstić information content (AvgIpc) is 2.42. The lowest BCUT2D eigenvalue weighted by Gasteiger charge is -2.36. The molecule has 0 unspecified atom stereocenters. The van der Waals surface area contributed by atoms with Gasteiger partial charge in [-0.2, -0.15) is 0 Å². The Morgan fingerprint density at radius 3 is 2.90 bits per heavy atom. The molecular formula is C16H16BrFN2. The molecule has 2 aromatic rings. The summed E-state index contributed by atoms with van der Waals surface area (Å²) >= 11 is 3.50. The smallest absolute Gasteiger partial charge is 0.128 e. The number of fused-ring (bicyclic) bond motifs is 1. The van der Waals surface area contributed by atoms with Crippen molar-refractivity contribution in [3.8, 4) is 0 Å². The van der Waals surface area contributed by atoms with E-state index in [2.05, 4.69) is 45.2 Å². The van der Waals surface area contributed by atoms with E-state index in [4.69, 9.17) is 0 Å². The molecule has 1 aliphatic rings. The molecule has 0 saturated carbocycles. The van der Waals surface area contributed by atoms with Crippen molar-refractivity contribution in [3.05, 3.63) is 58.3 Å². The van der Waals surface area contributed by atoms with Crippen molar-refractivity contribution in [1.29, 1.82) is 0 Å². The molecule has 0 amide bonds. The maximum Gasteiger partial charge on any atom is 0.128 e. The molecule has 0 radical (unpaired) electrons. The van der Waals surface area contributed by atoms with E-state index in [-0.39, 0.29) is 5.82 Å². The molecule has 0 bridgehead atoms. The van der Waals surface area contributed by atoms with Crippen LogP contribution in [0, 0.1) is 5.82 Å². The van der Waals surface area contributed by atoms with Crippen LogP contribution >= 0.6 is 15.9 Å². The topological polar surface area (TPSA) is 15.3 Å². The Morgan fingerprint density at radius 2 is 2.10 bits per heavy atom. The third-order valence-corrected chi connectivity index (χ3v) is 4.01. The van der Waals surface area contributed by atoms with Crippen LogP contribution in [0.4, 0.5) is 15.8 Å². The number of halogens is 2. The van der Waals surface area contributed by atoms with Crippen LogP contribution in [0.15, 0.2) is 46.9 Å². The lowest BCUT2D eigenvalue weighted by atomic mass is 10.1. The summed E-state index contributed by atoms with van der Waals surface area (Å²) in [5, 5.41) is 3.46. The second-order valence-corrected chi connectivity index (χ2v) is 6.09. The molecule has 2 nitrogen and oxygen atoms in total. The average molecular weight is 335 g/mol. The summed E-state index contributed by atoms with van der Waals surface area (Å²) in [4.78, 5) is 2.22. The molecule has 0 spiro atoms. The van der Waals surface area contributed by atoms with E-state index in [1.54, 1.807) is 6.07 Å². The highest BCUT2D eigenvalue weighted by Gasteiger charge is 2.22. The van der Waals surface area contributed by atoms with Crippen molar-refractivity contribution in [1.82, 2.24) is 0 Å². The monoisotopic (exact) mass is 334 g/mol. The molecule has 4 heteroatoms. The van der Waals surface area contributed by atoms with Gasteiger partial charge in [0.2, 0.25) is 0 Å². The zero-order valence-corrected chi connectivity index (χ0v) is 12.8. The molecule has 1 aliphatic heterocycles. The molecule has 1 N–H and O–H groups in total. The molecule has 0 saturated heterocycles. The Bertz CT molecular complexity index is 630. The van der Waals surface area contributed by atoms with Crippen molar-refractivity contribution in [2.75, 3.05) is 16.8 Å². The molecule has 0 aromatic heterocycles. The van der Waals surface area contributed by atoms with Crippen molar-refractivity contribution >= 4 is 27.3 Å². The normalized spacial score (nSPS) is 17.6. The fourth-order valence-corrected chi connectivity index (χ4v) is 2.96. The van der Waals surface area contributed by atoms with E-state index in [0.29, 0.717) is 12.6 Å². The minimum Gasteiger partial charge on any atom is -0.379 e. The zero-order valence-electron chi connectivity index (χ0n) is 11.2. The molecule has 1 atom stereocenters. The molecule has 1 heterocycles. The SMILES string of the molecule is C[C@H]1CN(Cc2ccccc2F)c2cc(Br)ccc2N1. The number of nitrogens with zero attached hydrogens (tertiary/aromatic N) is 1. The Hall–Kier alpha value is -1.55. The van der Waals surface area contributed by atoms with E-state index in [0.717, 1.165) is 28.0 Å². The molecule has 0 fully saturated rings. The Labute approximate surface area is 126 Å². The van der Waals surface area contributed by atoms with Crippen LogP contribution in [0.5, 0.6) is 0 Å². The third kappa shape index (κ3) is 2.66. The maximum absolute atomic E-state index is 13.8. The fraction of sp³-hybridized carbons (Fsp3) is 0.250. The largest absolute Gasteiger partial charge is 0.379 e. The van der Waals surface area contributed by atoms with E-state index < -0.39 is 0 Å². The number of nitrogens with one attached hydrogen (secondary N) is 1. The molecular weight excluding hydrogens is 319 g/mol. The molecule has 104 valence electrons. The number of rotatable bonds is 2. The molecule has 3 rings (SSSR count). The van der Waals surface area contributed by atoms with Crippen molar-refractivity contribution < 1.29 is 4.39 Å². The van der Waals surface area contributed by atoms with Gasteiger partial charge < -0.3 is 10.2 Å². The van der Waals surface area contributed by atoms with Crippen LogP contribution in [-0.4, -0.2) is 12.6 Å². The first kappa shape index (κ1) is 13.4. The summed E-state index contributed by atoms with van der Waals surface area (Å²) in [7, 11) is 0. The maximum atomic E-state index is 13.8. The van der Waals surface area contributed by atoms with Gasteiger partial charge in [0.15, 0.2) is 0 Å². The minimum atomic E-state index is -0.143. The Balaban J connectivity index is 1.94. The van der Waals surface area contributed by atoms with Gasteiger partial charge in [0.1, 0.15) is 5.82 Å². The highest BCUT2D eigenvalue weighted by molar-refractivity contribution is 9.10. The number of benzene rings is 2. The van der Waals surface area contributed by atoms with Crippen molar-refractivity contribution in [2.24, 2.45) is 0 Å². The predicted molar refractivity (Wildman–Crippen MR) is 84.7 cm³/mol. The second kappa shape index (κ2) is 5.44.